The average molecular weight is 288 g/mol. The summed E-state index contributed by atoms with van der Waals surface area (Å²) in [6.07, 6.45) is -1.20. The van der Waals surface area contributed by atoms with E-state index in [1.54, 1.807) is 6.07 Å². The van der Waals surface area contributed by atoms with Gasteiger partial charge in [0, 0.05) is 22.4 Å². The van der Waals surface area contributed by atoms with Gasteiger partial charge in [-0.15, -0.1) is 0 Å². The van der Waals surface area contributed by atoms with Crippen molar-refractivity contribution in [2.75, 3.05) is 17.6 Å². The highest BCUT2D eigenvalue weighted by Crippen LogP contribution is 2.27. The number of nitrogen functional groups attached to an aromatic ring is 1. The van der Waals surface area contributed by atoms with Crippen molar-refractivity contribution >= 4 is 33.2 Å². The van der Waals surface area contributed by atoms with Gasteiger partial charge in [0.25, 0.3) is 0 Å². The molecule has 6 heteroatoms. The van der Waals surface area contributed by atoms with Crippen LogP contribution in [-0.4, -0.2) is 23.7 Å². The third-order valence-electron chi connectivity index (χ3n) is 2.17. The van der Waals surface area contributed by atoms with Gasteiger partial charge in [-0.05, 0) is 40.5 Å². The van der Waals surface area contributed by atoms with E-state index in [0.717, 1.165) is 15.7 Å². The summed E-state index contributed by atoms with van der Waals surface area (Å²) >= 11 is 3.33. The minimum absolute atomic E-state index is 0.0668. The van der Waals surface area contributed by atoms with E-state index in [1.807, 2.05) is 13.0 Å². The molecule has 1 atom stereocenters. The Morgan fingerprint density at radius 1 is 1.62 bits per heavy atom. The summed E-state index contributed by atoms with van der Waals surface area (Å²) in [5.74, 6) is -0.754. The molecule has 0 saturated heterocycles. The Kier molecular flexibility index (Phi) is 4.14. The number of hydrogen-bond acceptors (Lipinski definition) is 4. The van der Waals surface area contributed by atoms with Crippen molar-refractivity contribution in [2.24, 2.45) is 5.73 Å². The Morgan fingerprint density at radius 3 is 2.81 bits per heavy atom. The maximum Gasteiger partial charge on any atom is 0.248 e. The Morgan fingerprint density at radius 2 is 2.25 bits per heavy atom. The van der Waals surface area contributed by atoms with E-state index in [0.29, 0.717) is 5.69 Å². The molecule has 1 aromatic carbocycles. The molecule has 1 unspecified atom stereocenters. The van der Waals surface area contributed by atoms with Crippen LogP contribution in [0.25, 0.3) is 0 Å². The predicted molar refractivity (Wildman–Crippen MR) is 67.0 cm³/mol. The highest BCUT2D eigenvalue weighted by Gasteiger charge is 2.11. The summed E-state index contributed by atoms with van der Waals surface area (Å²) < 4.78 is 0.771. The molecule has 0 saturated carbocycles. The van der Waals surface area contributed by atoms with Gasteiger partial charge in [0.05, 0.1) is 0 Å². The number of carbonyl (C=O) groups excluding carboxylic acids is 1. The zero-order valence-electron chi connectivity index (χ0n) is 8.83. The number of primary amides is 1. The summed E-state index contributed by atoms with van der Waals surface area (Å²) in [5.41, 5.74) is 13.0. The summed E-state index contributed by atoms with van der Waals surface area (Å²) in [4.78, 5) is 10.6. The zero-order valence-corrected chi connectivity index (χ0v) is 10.4. The van der Waals surface area contributed by atoms with Gasteiger partial charge in [-0.25, -0.2) is 0 Å². The SMILES string of the molecule is Cc1cc(NCC(O)C(N)=O)c(Br)cc1N. The first-order chi connectivity index (χ1) is 7.41. The quantitative estimate of drug-likeness (QED) is 0.609. The van der Waals surface area contributed by atoms with E-state index in [4.69, 9.17) is 11.5 Å². The second kappa shape index (κ2) is 5.18. The first-order valence-corrected chi connectivity index (χ1v) is 5.48. The molecular formula is C10H14BrN3O2. The molecular weight excluding hydrogens is 274 g/mol. The number of aryl methyl sites for hydroxylation is 1. The standard InChI is InChI=1S/C10H14BrN3O2/c1-5-2-8(6(11)3-7(5)12)14-4-9(15)10(13)16/h2-3,9,14-15H,4,12H2,1H3,(H2,13,16). The molecule has 1 aromatic rings. The maximum absolute atomic E-state index is 10.6. The molecule has 0 fully saturated rings. The molecule has 0 heterocycles. The normalized spacial score (nSPS) is 12.2. The largest absolute Gasteiger partial charge is 0.398 e. The van der Waals surface area contributed by atoms with Crippen LogP contribution in [-0.2, 0) is 4.79 Å². The van der Waals surface area contributed by atoms with Gasteiger partial charge >= 0.3 is 0 Å². The van der Waals surface area contributed by atoms with Crippen LogP contribution in [0.1, 0.15) is 5.56 Å². The van der Waals surface area contributed by atoms with E-state index in [-0.39, 0.29) is 6.54 Å². The van der Waals surface area contributed by atoms with Crippen molar-refractivity contribution in [2.45, 2.75) is 13.0 Å². The summed E-state index contributed by atoms with van der Waals surface area (Å²) in [6.45, 7) is 1.94. The number of aliphatic hydroxyl groups excluding tert-OH is 1. The van der Waals surface area contributed by atoms with E-state index < -0.39 is 12.0 Å². The fraction of sp³-hybridized carbons (Fsp3) is 0.300. The second-order valence-corrected chi connectivity index (χ2v) is 4.34. The van der Waals surface area contributed by atoms with Crippen LogP contribution >= 0.6 is 15.9 Å². The number of carbonyl (C=O) groups is 1. The van der Waals surface area contributed by atoms with Gasteiger partial charge in [-0.1, -0.05) is 0 Å². The van der Waals surface area contributed by atoms with Crippen molar-refractivity contribution in [3.8, 4) is 0 Å². The Balaban J connectivity index is 2.74. The van der Waals surface area contributed by atoms with Crippen molar-refractivity contribution in [3.63, 3.8) is 0 Å². The summed E-state index contributed by atoms with van der Waals surface area (Å²) in [5, 5.41) is 12.1. The van der Waals surface area contributed by atoms with Crippen molar-refractivity contribution in [1.29, 1.82) is 0 Å². The highest BCUT2D eigenvalue weighted by atomic mass is 79.9. The average Bonchev–Trinajstić information content (AvgIpc) is 2.20. The molecule has 0 spiro atoms. The molecule has 0 aromatic heterocycles. The van der Waals surface area contributed by atoms with E-state index in [2.05, 4.69) is 21.2 Å². The van der Waals surface area contributed by atoms with Crippen LogP contribution in [0.15, 0.2) is 16.6 Å². The van der Waals surface area contributed by atoms with Crippen LogP contribution in [0, 0.1) is 6.92 Å². The molecule has 1 amide bonds. The third-order valence-corrected chi connectivity index (χ3v) is 2.83. The lowest BCUT2D eigenvalue weighted by atomic mass is 10.2. The molecule has 0 aliphatic carbocycles. The smallest absolute Gasteiger partial charge is 0.248 e. The molecule has 1 rings (SSSR count). The second-order valence-electron chi connectivity index (χ2n) is 3.49. The number of halogens is 1. The van der Waals surface area contributed by atoms with Crippen LogP contribution in [0.3, 0.4) is 0 Å². The number of benzene rings is 1. The van der Waals surface area contributed by atoms with Crippen molar-refractivity contribution < 1.29 is 9.90 Å². The highest BCUT2D eigenvalue weighted by molar-refractivity contribution is 9.10. The molecule has 0 aliphatic heterocycles. The lowest BCUT2D eigenvalue weighted by molar-refractivity contribution is -0.125. The predicted octanol–water partition coefficient (Wildman–Crippen LogP) is 0.598. The number of rotatable bonds is 4. The van der Waals surface area contributed by atoms with Gasteiger partial charge in [-0.2, -0.15) is 0 Å². The molecule has 0 aliphatic rings. The number of anilines is 2. The molecule has 0 radical (unpaired) electrons. The fourth-order valence-electron chi connectivity index (χ4n) is 1.14. The van der Waals surface area contributed by atoms with E-state index in [1.165, 1.54) is 0 Å². The fourth-order valence-corrected chi connectivity index (χ4v) is 1.64. The molecule has 16 heavy (non-hydrogen) atoms. The minimum Gasteiger partial charge on any atom is -0.398 e. The van der Waals surface area contributed by atoms with Gasteiger partial charge in [0.2, 0.25) is 5.91 Å². The number of nitrogens with one attached hydrogen (secondary N) is 1. The van der Waals surface area contributed by atoms with Gasteiger partial charge in [-0.3, -0.25) is 4.79 Å². The minimum atomic E-state index is -1.20. The van der Waals surface area contributed by atoms with E-state index >= 15 is 0 Å². The number of hydrogen-bond donors (Lipinski definition) is 4. The summed E-state index contributed by atoms with van der Waals surface area (Å²) in [7, 11) is 0. The van der Waals surface area contributed by atoms with Crippen LogP contribution in [0.5, 0.6) is 0 Å². The molecule has 6 N–H and O–H groups in total. The maximum atomic E-state index is 10.6. The lowest BCUT2D eigenvalue weighted by Crippen LogP contribution is -2.34. The Hall–Kier alpha value is -1.27. The van der Waals surface area contributed by atoms with Crippen LogP contribution < -0.4 is 16.8 Å². The Labute approximate surface area is 102 Å². The first kappa shape index (κ1) is 12.8. The topological polar surface area (TPSA) is 101 Å². The lowest BCUT2D eigenvalue weighted by Gasteiger charge is -2.13. The van der Waals surface area contributed by atoms with Gasteiger partial charge in [0.1, 0.15) is 6.10 Å². The molecule has 0 bridgehead atoms. The molecule has 5 nitrogen and oxygen atoms in total. The third kappa shape index (κ3) is 3.11. The van der Waals surface area contributed by atoms with Crippen molar-refractivity contribution in [1.82, 2.24) is 0 Å². The van der Waals surface area contributed by atoms with Crippen molar-refractivity contribution in [3.05, 3.63) is 22.2 Å². The van der Waals surface area contributed by atoms with Gasteiger partial charge in [0.15, 0.2) is 0 Å². The van der Waals surface area contributed by atoms with Gasteiger partial charge < -0.3 is 21.9 Å². The molecule has 88 valence electrons. The number of amides is 1. The summed E-state index contributed by atoms with van der Waals surface area (Å²) in [6, 6.07) is 3.58. The number of aliphatic hydroxyl groups is 1. The monoisotopic (exact) mass is 287 g/mol. The van der Waals surface area contributed by atoms with Crippen LogP contribution in [0.4, 0.5) is 11.4 Å². The van der Waals surface area contributed by atoms with Crippen LogP contribution in [0.2, 0.25) is 0 Å². The first-order valence-electron chi connectivity index (χ1n) is 4.68. The Bertz CT molecular complexity index is 409. The zero-order chi connectivity index (χ0) is 12.3. The van der Waals surface area contributed by atoms with E-state index in [9.17, 15) is 9.90 Å². The number of nitrogens with two attached hydrogens (primary N) is 2.